The van der Waals surface area contributed by atoms with E-state index in [1.807, 2.05) is 6.92 Å². The van der Waals surface area contributed by atoms with Gasteiger partial charge in [0.05, 0.1) is 0 Å². The molecule has 1 aliphatic heterocycles. The van der Waals surface area contributed by atoms with E-state index in [4.69, 9.17) is 4.74 Å². The number of amides is 1. The van der Waals surface area contributed by atoms with Crippen molar-refractivity contribution in [2.75, 3.05) is 19.8 Å². The Kier molecular flexibility index (Phi) is 4.20. The highest BCUT2D eigenvalue weighted by molar-refractivity contribution is 5.95. The van der Waals surface area contributed by atoms with Crippen molar-refractivity contribution < 1.29 is 14.6 Å². The van der Waals surface area contributed by atoms with Gasteiger partial charge in [-0.1, -0.05) is 0 Å². The quantitative estimate of drug-likeness (QED) is 0.856. The highest BCUT2D eigenvalue weighted by Crippen LogP contribution is 2.17. The second-order valence-electron chi connectivity index (χ2n) is 4.77. The number of phenols is 1. The maximum atomic E-state index is 11.9. The Balaban J connectivity index is 1.83. The Hall–Kier alpha value is -1.55. The summed E-state index contributed by atoms with van der Waals surface area (Å²) in [4.78, 5) is 11.9. The molecule has 0 spiro atoms. The Morgan fingerprint density at radius 2 is 2.39 bits per heavy atom. The van der Waals surface area contributed by atoms with Gasteiger partial charge in [-0.3, -0.25) is 4.79 Å². The molecule has 1 heterocycles. The number of hydrogen-bond acceptors (Lipinski definition) is 3. The van der Waals surface area contributed by atoms with E-state index < -0.39 is 0 Å². The van der Waals surface area contributed by atoms with Gasteiger partial charge in [-0.2, -0.15) is 0 Å². The molecule has 1 aromatic rings. The molecule has 1 unspecified atom stereocenters. The minimum absolute atomic E-state index is 0.0774. The van der Waals surface area contributed by atoms with Crippen molar-refractivity contribution in [1.82, 2.24) is 5.32 Å². The van der Waals surface area contributed by atoms with E-state index in [1.165, 1.54) is 6.07 Å². The molecule has 0 saturated carbocycles. The predicted octanol–water partition coefficient (Wildman–Crippen LogP) is 1.86. The van der Waals surface area contributed by atoms with Crippen molar-refractivity contribution in [3.8, 4) is 5.75 Å². The lowest BCUT2D eigenvalue weighted by Crippen LogP contribution is -2.26. The maximum absolute atomic E-state index is 11.9. The molecule has 98 valence electrons. The van der Waals surface area contributed by atoms with Gasteiger partial charge in [-0.05, 0) is 49.4 Å². The van der Waals surface area contributed by atoms with Crippen LogP contribution in [0.5, 0.6) is 5.75 Å². The maximum Gasteiger partial charge on any atom is 0.251 e. The average molecular weight is 249 g/mol. The van der Waals surface area contributed by atoms with Crippen LogP contribution in [0.1, 0.15) is 28.8 Å². The first-order chi connectivity index (χ1) is 8.66. The van der Waals surface area contributed by atoms with Crippen LogP contribution in [0.2, 0.25) is 0 Å². The second kappa shape index (κ2) is 5.87. The van der Waals surface area contributed by atoms with Gasteiger partial charge in [-0.15, -0.1) is 0 Å². The first-order valence-electron chi connectivity index (χ1n) is 6.32. The molecule has 2 N–H and O–H groups in total. The summed E-state index contributed by atoms with van der Waals surface area (Å²) in [5.41, 5.74) is 1.41. The number of ether oxygens (including phenoxy) is 1. The molecule has 1 aliphatic rings. The number of nitrogens with one attached hydrogen (secondary N) is 1. The van der Waals surface area contributed by atoms with Crippen molar-refractivity contribution in [1.29, 1.82) is 0 Å². The third-order valence-corrected chi connectivity index (χ3v) is 3.32. The second-order valence-corrected chi connectivity index (χ2v) is 4.77. The Morgan fingerprint density at radius 3 is 3.06 bits per heavy atom. The summed E-state index contributed by atoms with van der Waals surface area (Å²) in [6.45, 7) is 4.15. The van der Waals surface area contributed by atoms with E-state index in [0.29, 0.717) is 18.0 Å². The van der Waals surface area contributed by atoms with Crippen LogP contribution >= 0.6 is 0 Å². The fourth-order valence-electron chi connectivity index (χ4n) is 2.20. The van der Waals surface area contributed by atoms with Crippen LogP contribution in [0, 0.1) is 12.8 Å². The van der Waals surface area contributed by atoms with Crippen LogP contribution in [0.3, 0.4) is 0 Å². The zero-order chi connectivity index (χ0) is 13.0. The summed E-state index contributed by atoms with van der Waals surface area (Å²) in [5, 5.41) is 12.2. The topological polar surface area (TPSA) is 58.6 Å². The zero-order valence-corrected chi connectivity index (χ0v) is 10.6. The molecular formula is C14H19NO3. The lowest BCUT2D eigenvalue weighted by molar-refractivity contribution is 0.0950. The summed E-state index contributed by atoms with van der Waals surface area (Å²) in [6.07, 6.45) is 2.05. The molecular weight excluding hydrogens is 230 g/mol. The average Bonchev–Trinajstić information content (AvgIpc) is 2.81. The lowest BCUT2D eigenvalue weighted by Gasteiger charge is -2.10. The number of phenolic OH excluding ortho intramolecular Hbond substituents is 1. The number of carbonyl (C=O) groups is 1. The van der Waals surface area contributed by atoms with Crippen LogP contribution in [-0.4, -0.2) is 30.8 Å². The number of aryl methyl sites for hydroxylation is 1. The van der Waals surface area contributed by atoms with E-state index in [1.54, 1.807) is 12.1 Å². The molecule has 1 saturated heterocycles. The molecule has 18 heavy (non-hydrogen) atoms. The fourth-order valence-corrected chi connectivity index (χ4v) is 2.20. The Morgan fingerprint density at radius 1 is 1.56 bits per heavy atom. The number of aromatic hydroxyl groups is 1. The summed E-state index contributed by atoms with van der Waals surface area (Å²) >= 11 is 0. The highest BCUT2D eigenvalue weighted by atomic mass is 16.5. The van der Waals surface area contributed by atoms with Gasteiger partial charge in [0.1, 0.15) is 5.75 Å². The van der Waals surface area contributed by atoms with E-state index in [9.17, 15) is 9.90 Å². The third kappa shape index (κ3) is 3.23. The SMILES string of the molecule is Cc1cc(O)ccc1C(=O)NCCC1CCOC1. The van der Waals surface area contributed by atoms with E-state index in [-0.39, 0.29) is 11.7 Å². The molecule has 1 aromatic carbocycles. The van der Waals surface area contributed by atoms with Gasteiger partial charge in [-0.25, -0.2) is 0 Å². The molecule has 0 bridgehead atoms. The third-order valence-electron chi connectivity index (χ3n) is 3.32. The van der Waals surface area contributed by atoms with Gasteiger partial charge in [0.25, 0.3) is 5.91 Å². The van der Waals surface area contributed by atoms with Crippen LogP contribution in [0.15, 0.2) is 18.2 Å². The minimum Gasteiger partial charge on any atom is -0.508 e. The number of carbonyl (C=O) groups excluding carboxylic acids is 1. The van der Waals surface area contributed by atoms with Gasteiger partial charge in [0.15, 0.2) is 0 Å². The summed E-state index contributed by atoms with van der Waals surface area (Å²) in [7, 11) is 0. The molecule has 0 aromatic heterocycles. The molecule has 0 radical (unpaired) electrons. The number of hydrogen-bond donors (Lipinski definition) is 2. The standard InChI is InChI=1S/C14H19NO3/c1-10-8-12(16)2-3-13(10)14(17)15-6-4-11-5-7-18-9-11/h2-3,8,11,16H,4-7,9H2,1H3,(H,15,17). The Labute approximate surface area is 107 Å². The Bertz CT molecular complexity index is 425. The van der Waals surface area contributed by atoms with Crippen molar-refractivity contribution in [2.24, 2.45) is 5.92 Å². The van der Waals surface area contributed by atoms with Gasteiger partial charge in [0, 0.05) is 25.3 Å². The monoisotopic (exact) mass is 249 g/mol. The first-order valence-corrected chi connectivity index (χ1v) is 6.32. The lowest BCUT2D eigenvalue weighted by atomic mass is 10.0. The largest absolute Gasteiger partial charge is 0.508 e. The van der Waals surface area contributed by atoms with E-state index in [0.717, 1.165) is 31.6 Å². The summed E-state index contributed by atoms with van der Waals surface area (Å²) < 4.78 is 5.29. The van der Waals surface area contributed by atoms with Gasteiger partial charge < -0.3 is 15.2 Å². The van der Waals surface area contributed by atoms with Gasteiger partial charge >= 0.3 is 0 Å². The minimum atomic E-state index is -0.0774. The van der Waals surface area contributed by atoms with Gasteiger partial charge in [0.2, 0.25) is 0 Å². The summed E-state index contributed by atoms with van der Waals surface area (Å²) in [5.74, 6) is 0.685. The fraction of sp³-hybridized carbons (Fsp3) is 0.500. The van der Waals surface area contributed by atoms with E-state index in [2.05, 4.69) is 5.32 Å². The molecule has 4 nitrogen and oxygen atoms in total. The van der Waals surface area contributed by atoms with Crippen LogP contribution < -0.4 is 5.32 Å². The van der Waals surface area contributed by atoms with E-state index >= 15 is 0 Å². The van der Waals surface area contributed by atoms with Crippen molar-refractivity contribution in [3.05, 3.63) is 29.3 Å². The zero-order valence-electron chi connectivity index (χ0n) is 10.6. The molecule has 1 fully saturated rings. The number of benzene rings is 1. The number of rotatable bonds is 4. The normalized spacial score (nSPS) is 18.8. The molecule has 0 aliphatic carbocycles. The first kappa shape index (κ1) is 12.9. The molecule has 2 rings (SSSR count). The van der Waals surface area contributed by atoms with Crippen molar-refractivity contribution >= 4 is 5.91 Å². The molecule has 4 heteroatoms. The predicted molar refractivity (Wildman–Crippen MR) is 68.7 cm³/mol. The molecule has 1 atom stereocenters. The summed E-state index contributed by atoms with van der Waals surface area (Å²) in [6, 6.07) is 4.78. The highest BCUT2D eigenvalue weighted by Gasteiger charge is 2.16. The molecule has 1 amide bonds. The van der Waals surface area contributed by atoms with Crippen LogP contribution in [-0.2, 0) is 4.74 Å². The smallest absolute Gasteiger partial charge is 0.251 e. The van der Waals surface area contributed by atoms with Crippen molar-refractivity contribution in [3.63, 3.8) is 0 Å². The van der Waals surface area contributed by atoms with Crippen LogP contribution in [0.4, 0.5) is 0 Å². The van der Waals surface area contributed by atoms with Crippen LogP contribution in [0.25, 0.3) is 0 Å². The van der Waals surface area contributed by atoms with Crippen molar-refractivity contribution in [2.45, 2.75) is 19.8 Å².